The van der Waals surface area contributed by atoms with Crippen LogP contribution in [0.25, 0.3) is 24.3 Å². The first-order valence-corrected chi connectivity index (χ1v) is 52.4. The largest absolute Gasteiger partial charge is 0.478 e. The molecule has 4 atom stereocenters. The molecule has 30 nitrogen and oxygen atoms in total. The summed E-state index contributed by atoms with van der Waals surface area (Å²) in [5.41, 5.74) is 23.6. The Morgan fingerprint density at radius 1 is 0.377 bits per heavy atom. The number of anilines is 4. The summed E-state index contributed by atoms with van der Waals surface area (Å²) in [6.07, 6.45) is 39.7. The number of halogens is 4. The number of allylic oxidation sites excluding steroid dienone is 4. The third-order valence-electron chi connectivity index (χ3n) is 27.5. The zero-order chi connectivity index (χ0) is 91.1. The number of nitrogens with zero attached hydrogens (tertiary/aromatic N) is 20. The minimum Gasteiger partial charge on any atom is -0.478 e. The molecule has 12 aliphatic rings. The van der Waals surface area contributed by atoms with Crippen molar-refractivity contribution in [2.75, 3.05) is 124 Å². The summed E-state index contributed by atoms with van der Waals surface area (Å²) in [6.45, 7) is 12.3. The van der Waals surface area contributed by atoms with Crippen LogP contribution in [-0.4, -0.2) is 245 Å². The third-order valence-corrected chi connectivity index (χ3v) is 32.7. The maximum Gasteiger partial charge on any atom is 0.258 e. The number of aromatic nitrogens is 12. The van der Waals surface area contributed by atoms with Gasteiger partial charge >= 0.3 is 0 Å². The van der Waals surface area contributed by atoms with E-state index in [0.717, 1.165) is 177 Å². The Morgan fingerprint density at radius 2 is 0.677 bits per heavy atom. The molecule has 20 rings (SSSR count). The molecular weight excluding hydrogens is 1750 g/mol. The van der Waals surface area contributed by atoms with Gasteiger partial charge in [0.05, 0.1) is 136 Å². The van der Waals surface area contributed by atoms with E-state index in [1.165, 1.54) is 55.4 Å². The van der Waals surface area contributed by atoms with E-state index in [1.54, 1.807) is 40.6 Å². The van der Waals surface area contributed by atoms with Crippen LogP contribution in [0.3, 0.4) is 0 Å². The Bertz CT molecular complexity index is 6170. The first-order valence-electron chi connectivity index (χ1n) is 45.0. The topological polar surface area (TPSA) is 336 Å². The van der Waals surface area contributed by atoms with E-state index in [-0.39, 0.29) is 48.2 Å². The average molecular weight is 1860 g/mol. The van der Waals surface area contributed by atoms with Crippen LogP contribution < -0.4 is 29.1 Å². The molecule has 0 saturated carbocycles. The van der Waals surface area contributed by atoms with Crippen LogP contribution in [0.4, 0.5) is 40.3 Å². The van der Waals surface area contributed by atoms with E-state index in [0.29, 0.717) is 148 Å². The Labute approximate surface area is 758 Å². The van der Waals surface area contributed by atoms with Crippen LogP contribution >= 0.6 is 0 Å². The summed E-state index contributed by atoms with van der Waals surface area (Å²) in [4.78, 5) is 63.2. The van der Waals surface area contributed by atoms with Gasteiger partial charge in [0.15, 0.2) is 0 Å². The molecular formula is C92H112F4N20O10S4. The molecule has 0 bridgehead atoms. The lowest BCUT2D eigenvalue weighted by molar-refractivity contribution is 0.107. The quantitative estimate of drug-likeness (QED) is 0.0679. The van der Waals surface area contributed by atoms with Gasteiger partial charge in [-0.05, 0) is 84.3 Å². The molecule has 692 valence electrons. The number of fused-ring (bicyclic) bond motifs is 8. The highest BCUT2D eigenvalue weighted by Gasteiger charge is 2.43. The number of piperidine rings is 4. The summed E-state index contributed by atoms with van der Waals surface area (Å²) in [5.74, 6) is 1.89. The predicted molar refractivity (Wildman–Crippen MR) is 490 cm³/mol. The molecule has 16 heterocycles. The van der Waals surface area contributed by atoms with Gasteiger partial charge in [0.25, 0.3) is 6.43 Å². The van der Waals surface area contributed by atoms with E-state index in [4.69, 9.17) is 19.4 Å². The van der Waals surface area contributed by atoms with E-state index < -0.39 is 65.9 Å². The van der Waals surface area contributed by atoms with Gasteiger partial charge in [0.2, 0.25) is 51.9 Å². The zero-order valence-electron chi connectivity index (χ0n) is 74.4. The molecule has 130 heavy (non-hydrogen) atoms. The molecule has 4 aliphatic carbocycles. The fourth-order valence-corrected chi connectivity index (χ4v) is 24.3. The summed E-state index contributed by atoms with van der Waals surface area (Å²) in [7, 11) is -12.7. The molecule has 8 aliphatic heterocycles. The molecule has 4 saturated heterocycles. The van der Waals surface area contributed by atoms with Gasteiger partial charge in [-0.1, -0.05) is 48.6 Å². The summed E-state index contributed by atoms with van der Waals surface area (Å²) < 4.78 is 170. The van der Waals surface area contributed by atoms with Gasteiger partial charge in [-0.15, -0.1) is 0 Å². The van der Waals surface area contributed by atoms with Crippen molar-refractivity contribution in [3.63, 3.8) is 0 Å². The number of pyridine rings is 4. The Hall–Kier alpha value is -9.96. The van der Waals surface area contributed by atoms with E-state index in [2.05, 4.69) is 114 Å². The Morgan fingerprint density at radius 3 is 1.02 bits per heavy atom. The van der Waals surface area contributed by atoms with Crippen molar-refractivity contribution in [2.24, 2.45) is 0 Å². The molecule has 0 spiro atoms. The average Bonchev–Trinajstić information content (AvgIpc) is 1.28. The standard InChI is InChI=1S/C24H30FN5O3S.C24H31N5O3S.C22H25F2N5O2S.C22H26FN5O2S/c1-3-33-23-12-22(18-5-4-6-20(18)28-23)30-14-19-21(11-17(30)13-25)26-15-27-24(19)16-7-9-29(10-8-16)34(2,31)32;1-4-32-23-13-22(18-6-5-7-20(18)27-23)29-14-19-21(12-16(29)2)25-15-26-24(19)17-8-10-28(11-9-17)33(3,30)31;1-32(30,31)28-9-6-14(7-10-28)21-16-12-29(19-5-8-25-17-4-2-3-15(17)19)20(22(23)24)11-18(16)26-13-27-21;1-31(29,30)27-9-6-15(7-10-27)22-18-13-28(16(12-23)11-20(18)25-14-26-22)21-5-8-24-19-4-2-3-17(19)21/h4-5,12,15-17H,3,6-11,13-14H2,1-2H3;5-6,13,15-17H,4,7-12,14H2,1-3H3;2-3,5,8,13-14,20,22H,4,6-7,9-12H2,1H3;2-3,5,8,14-16H,4,6-7,9-13H2,1H3/t;16-;;/m.1../s1. The lowest BCUT2D eigenvalue weighted by Gasteiger charge is -2.40. The molecule has 0 N–H and O–H groups in total. The number of ether oxygens (including phenoxy) is 2. The molecule has 8 aromatic heterocycles. The fourth-order valence-electron chi connectivity index (χ4n) is 20.8. The highest BCUT2D eigenvalue weighted by Crippen LogP contribution is 2.46. The molecule has 0 amide bonds. The number of hydrogen-bond acceptors (Lipinski definition) is 26. The Balaban J connectivity index is 0.000000122. The molecule has 4 fully saturated rings. The number of sulfonamides is 4. The smallest absolute Gasteiger partial charge is 0.258 e. The van der Waals surface area contributed by atoms with Crippen molar-refractivity contribution in [2.45, 2.75) is 204 Å². The van der Waals surface area contributed by atoms with Crippen LogP contribution in [0, 0.1) is 0 Å². The normalized spacial score (nSPS) is 21.4. The second-order valence-electron chi connectivity index (χ2n) is 35.5. The lowest BCUT2D eigenvalue weighted by atomic mass is 9.87. The lowest BCUT2D eigenvalue weighted by Crippen LogP contribution is -2.46. The summed E-state index contributed by atoms with van der Waals surface area (Å²) in [6, 6.07) is 6.45. The minimum absolute atomic E-state index is 0.0813. The number of hydrogen-bond donors (Lipinski definition) is 0. The number of rotatable bonds is 19. The van der Waals surface area contributed by atoms with Crippen molar-refractivity contribution in [1.29, 1.82) is 0 Å². The first kappa shape index (κ1) is 91.9. The van der Waals surface area contributed by atoms with Crippen LogP contribution in [0.15, 0.2) is 86.3 Å². The van der Waals surface area contributed by atoms with Gasteiger partial charge in [-0.3, -0.25) is 9.97 Å². The third kappa shape index (κ3) is 19.5. The second kappa shape index (κ2) is 38.7. The van der Waals surface area contributed by atoms with Gasteiger partial charge in [0, 0.05) is 240 Å². The van der Waals surface area contributed by atoms with Gasteiger partial charge in [-0.2, -0.15) is 0 Å². The molecule has 3 unspecified atom stereocenters. The zero-order valence-corrected chi connectivity index (χ0v) is 77.7. The van der Waals surface area contributed by atoms with Gasteiger partial charge in [0.1, 0.15) is 38.7 Å². The number of alkyl halides is 4. The highest BCUT2D eigenvalue weighted by atomic mass is 32.2. The van der Waals surface area contributed by atoms with Crippen LogP contribution in [-0.2, 0) is 118 Å². The highest BCUT2D eigenvalue weighted by molar-refractivity contribution is 7.89. The van der Waals surface area contributed by atoms with E-state index >= 15 is 0 Å². The molecule has 0 aromatic carbocycles. The maximum atomic E-state index is 14.3. The molecule has 8 aromatic rings. The minimum atomic E-state index is -3.22. The molecule has 38 heteroatoms. The van der Waals surface area contributed by atoms with Crippen molar-refractivity contribution in [3.05, 3.63) is 199 Å². The van der Waals surface area contributed by atoms with Crippen molar-refractivity contribution < 1.29 is 60.7 Å². The first-order chi connectivity index (χ1) is 62.5. The van der Waals surface area contributed by atoms with E-state index in [1.807, 2.05) is 44.2 Å². The fraction of sp³-hybridized carbons (Fsp3) is 0.522. The van der Waals surface area contributed by atoms with Crippen molar-refractivity contribution >= 4 is 87.1 Å². The van der Waals surface area contributed by atoms with Crippen LogP contribution in [0.1, 0.15) is 209 Å². The van der Waals surface area contributed by atoms with Crippen molar-refractivity contribution in [1.82, 2.24) is 77.0 Å². The van der Waals surface area contributed by atoms with E-state index in [9.17, 15) is 51.2 Å². The van der Waals surface area contributed by atoms with Crippen molar-refractivity contribution in [3.8, 4) is 11.8 Å². The Kier molecular flexibility index (Phi) is 27.4. The second-order valence-corrected chi connectivity index (χ2v) is 43.5. The summed E-state index contributed by atoms with van der Waals surface area (Å²) in [5, 5.41) is 0. The summed E-state index contributed by atoms with van der Waals surface area (Å²) >= 11 is 0. The maximum absolute atomic E-state index is 14.3. The predicted octanol–water partition coefficient (Wildman–Crippen LogP) is 11.1. The SMILES string of the molecule is CCOc1cc(N2Cc3c(ncnc3C3CCN(S(C)(=O)=O)CC3)CC2CF)c2c(n1)CC=C2.CCOc1cc(N2Cc3c(ncnc3C3CCN(S(C)(=O)=O)CC3)C[C@H]2C)c2c(n1)CC=C2.CS(=O)(=O)N1CCC(c2ncnc3c2CN(c2ccnc4c2C=CC4)C(C(F)F)C3)CC1.CS(=O)(=O)N1CCC(c2ncnc3c2CN(c2ccnc4c2C=CC4)C(CF)C3)CC1. The van der Waals surface area contributed by atoms with Crippen LogP contribution in [0.2, 0.25) is 0 Å². The van der Waals surface area contributed by atoms with Gasteiger partial charge in [-0.25, -0.2) is 118 Å². The van der Waals surface area contributed by atoms with Gasteiger partial charge < -0.3 is 29.1 Å². The monoisotopic (exact) mass is 1860 g/mol. The van der Waals surface area contributed by atoms with Crippen LogP contribution in [0.5, 0.6) is 11.8 Å². The molecule has 0 radical (unpaired) electrons.